The summed E-state index contributed by atoms with van der Waals surface area (Å²) < 4.78 is 24.5. The van der Waals surface area contributed by atoms with Crippen molar-refractivity contribution >= 4 is 23.2 Å². The Morgan fingerprint density at radius 1 is 0.830 bits per heavy atom. The third-order valence-corrected chi connectivity index (χ3v) is 9.74. The van der Waals surface area contributed by atoms with Gasteiger partial charge in [-0.05, 0) is 88.8 Å². The number of rotatable bonds is 12. The second-order valence-corrected chi connectivity index (χ2v) is 14.9. The van der Waals surface area contributed by atoms with Crippen LogP contribution in [0.3, 0.4) is 0 Å². The molecule has 10 heteroatoms. The van der Waals surface area contributed by atoms with Crippen molar-refractivity contribution in [2.75, 3.05) is 36.9 Å². The number of anilines is 2. The van der Waals surface area contributed by atoms with E-state index >= 15 is 0 Å². The Morgan fingerprint density at radius 3 is 2.08 bits per heavy atom. The summed E-state index contributed by atoms with van der Waals surface area (Å²) in [5.74, 6) is 0.785. The molecule has 4 aromatic rings. The van der Waals surface area contributed by atoms with Gasteiger partial charge >= 0.3 is 6.09 Å². The Bertz CT molecular complexity index is 1820. The Kier molecular flexibility index (Phi) is 12.2. The summed E-state index contributed by atoms with van der Waals surface area (Å²) in [5.41, 5.74) is 5.16. The van der Waals surface area contributed by atoms with Crippen LogP contribution in [0, 0.1) is 5.41 Å². The van der Waals surface area contributed by atoms with Crippen LogP contribution in [0.4, 0.5) is 16.2 Å². The molecule has 1 amide bonds. The number of carbonyl (C=O) groups is 1. The van der Waals surface area contributed by atoms with Gasteiger partial charge in [0.2, 0.25) is 11.8 Å². The molecule has 53 heavy (non-hydrogen) atoms. The topological polar surface area (TPSA) is 109 Å². The standard InChI is InChI=1S/C43H53N5O5/c1-30-26-35(22-25-48(30)42(49)53-43(2,3)4)52-34-20-23-47(24-21-34)33-16-17-36(38(27-33)45-5)40(44)37-18-19-39(50-28-31-12-8-6-9-13-31)46-41(37)51-29-32-14-10-7-11-15-32/h6-19,27,30,34-35,44-45H,20-26,28-29H2,1-5H3/t30-,35?/m0/s1. The second kappa shape index (κ2) is 17.2. The van der Waals surface area contributed by atoms with Gasteiger partial charge in [-0.2, -0.15) is 4.98 Å². The van der Waals surface area contributed by atoms with Gasteiger partial charge in [-0.25, -0.2) is 4.79 Å². The Labute approximate surface area is 313 Å². The summed E-state index contributed by atoms with van der Waals surface area (Å²) >= 11 is 0. The zero-order valence-corrected chi connectivity index (χ0v) is 31.6. The van der Waals surface area contributed by atoms with Crippen LogP contribution in [0.2, 0.25) is 0 Å². The minimum absolute atomic E-state index is 0.0779. The fraction of sp³-hybridized carbons (Fsp3) is 0.419. The summed E-state index contributed by atoms with van der Waals surface area (Å²) in [6, 6.07) is 29.9. The van der Waals surface area contributed by atoms with Crippen molar-refractivity contribution in [1.82, 2.24) is 9.88 Å². The lowest BCUT2D eigenvalue weighted by Gasteiger charge is -2.41. The van der Waals surface area contributed by atoms with E-state index in [0.29, 0.717) is 42.8 Å². The Balaban J connectivity index is 1.09. The number of aromatic nitrogens is 1. The molecular weight excluding hydrogens is 667 g/mol. The maximum absolute atomic E-state index is 12.7. The molecule has 2 aliphatic rings. The average molecular weight is 720 g/mol. The molecule has 1 aromatic heterocycles. The van der Waals surface area contributed by atoms with E-state index in [9.17, 15) is 10.2 Å². The number of hydrogen-bond acceptors (Lipinski definition) is 9. The van der Waals surface area contributed by atoms with Gasteiger partial charge in [-0.1, -0.05) is 60.7 Å². The number of piperidine rings is 2. The van der Waals surface area contributed by atoms with E-state index in [1.807, 2.05) is 106 Å². The zero-order valence-electron chi connectivity index (χ0n) is 31.6. The van der Waals surface area contributed by atoms with Crippen LogP contribution >= 0.6 is 0 Å². The molecule has 2 N–H and O–H groups in total. The third kappa shape index (κ3) is 10.1. The van der Waals surface area contributed by atoms with Crippen molar-refractivity contribution in [3.8, 4) is 11.8 Å². The average Bonchev–Trinajstić information content (AvgIpc) is 3.16. The molecule has 3 heterocycles. The molecule has 2 atom stereocenters. The molecule has 0 radical (unpaired) electrons. The summed E-state index contributed by atoms with van der Waals surface area (Å²) in [4.78, 5) is 21.6. The van der Waals surface area contributed by atoms with Gasteiger partial charge in [0, 0.05) is 55.7 Å². The number of carbonyl (C=O) groups excluding carboxylic acids is 1. The van der Waals surface area contributed by atoms with Crippen molar-refractivity contribution in [3.05, 3.63) is 113 Å². The number of benzene rings is 3. The van der Waals surface area contributed by atoms with E-state index in [1.165, 1.54) is 0 Å². The number of nitrogens with zero attached hydrogens (tertiary/aromatic N) is 3. The van der Waals surface area contributed by atoms with Crippen LogP contribution in [0.25, 0.3) is 0 Å². The molecule has 0 bridgehead atoms. The van der Waals surface area contributed by atoms with Crippen molar-refractivity contribution < 1.29 is 23.7 Å². The highest BCUT2D eigenvalue weighted by Gasteiger charge is 2.34. The first-order valence-corrected chi connectivity index (χ1v) is 18.7. The van der Waals surface area contributed by atoms with Gasteiger partial charge in [0.25, 0.3) is 0 Å². The summed E-state index contributed by atoms with van der Waals surface area (Å²) in [7, 11) is 1.89. The lowest BCUT2D eigenvalue weighted by Crippen LogP contribution is -2.49. The van der Waals surface area contributed by atoms with Crippen LogP contribution in [-0.2, 0) is 22.7 Å². The number of amides is 1. The van der Waals surface area contributed by atoms with Gasteiger partial charge in [-0.15, -0.1) is 0 Å². The predicted molar refractivity (Wildman–Crippen MR) is 209 cm³/mol. The zero-order chi connectivity index (χ0) is 37.4. The molecule has 3 aromatic carbocycles. The monoisotopic (exact) mass is 719 g/mol. The lowest BCUT2D eigenvalue weighted by atomic mass is 9.99. The predicted octanol–water partition coefficient (Wildman–Crippen LogP) is 8.47. The van der Waals surface area contributed by atoms with E-state index in [-0.39, 0.29) is 24.3 Å². The Morgan fingerprint density at radius 2 is 1.45 bits per heavy atom. The summed E-state index contributed by atoms with van der Waals surface area (Å²) in [6.07, 6.45) is 3.58. The molecule has 0 spiro atoms. The van der Waals surface area contributed by atoms with Crippen LogP contribution in [0.15, 0.2) is 91.0 Å². The molecule has 0 aliphatic carbocycles. The van der Waals surface area contributed by atoms with Crippen LogP contribution in [0.1, 0.15) is 75.6 Å². The van der Waals surface area contributed by atoms with Crippen molar-refractivity contribution in [3.63, 3.8) is 0 Å². The van der Waals surface area contributed by atoms with Crippen LogP contribution in [0.5, 0.6) is 11.8 Å². The molecule has 0 saturated carbocycles. The minimum atomic E-state index is -0.502. The summed E-state index contributed by atoms with van der Waals surface area (Å²) in [5, 5.41) is 12.7. The molecule has 2 aliphatic heterocycles. The van der Waals surface area contributed by atoms with E-state index in [1.54, 1.807) is 6.07 Å². The normalized spacial score (nSPS) is 18.0. The fourth-order valence-corrected chi connectivity index (χ4v) is 6.93. The highest BCUT2D eigenvalue weighted by atomic mass is 16.6. The molecule has 6 rings (SSSR count). The van der Waals surface area contributed by atoms with Gasteiger partial charge in [0.05, 0.1) is 23.5 Å². The molecule has 2 saturated heterocycles. The first-order valence-electron chi connectivity index (χ1n) is 18.7. The molecule has 1 unspecified atom stereocenters. The van der Waals surface area contributed by atoms with Gasteiger partial charge < -0.3 is 34.1 Å². The number of nitrogens with one attached hydrogen (secondary N) is 2. The fourth-order valence-electron chi connectivity index (χ4n) is 6.93. The molecule has 280 valence electrons. The van der Waals surface area contributed by atoms with Crippen molar-refractivity contribution in [1.29, 1.82) is 5.41 Å². The minimum Gasteiger partial charge on any atom is -0.473 e. The van der Waals surface area contributed by atoms with Gasteiger partial charge in [-0.3, -0.25) is 5.41 Å². The quantitative estimate of drug-likeness (QED) is 0.140. The smallest absolute Gasteiger partial charge is 0.410 e. The third-order valence-electron chi connectivity index (χ3n) is 9.74. The second-order valence-electron chi connectivity index (χ2n) is 14.9. The maximum Gasteiger partial charge on any atom is 0.410 e. The van der Waals surface area contributed by atoms with Crippen molar-refractivity contribution in [2.45, 2.75) is 90.4 Å². The Hall–Kier alpha value is -5.09. The highest BCUT2D eigenvalue weighted by molar-refractivity contribution is 6.15. The van der Waals surface area contributed by atoms with Crippen molar-refractivity contribution in [2.24, 2.45) is 0 Å². The van der Waals surface area contributed by atoms with Crippen LogP contribution in [-0.4, -0.2) is 72.2 Å². The first kappa shape index (κ1) is 37.7. The first-order chi connectivity index (χ1) is 25.6. The van der Waals surface area contributed by atoms with E-state index in [2.05, 4.69) is 29.3 Å². The van der Waals surface area contributed by atoms with Gasteiger partial charge in [0.1, 0.15) is 18.8 Å². The SMILES string of the molecule is CNc1cc(N2CCC(OC3CCN(C(=O)OC(C)(C)C)[C@@H](C)C3)CC2)ccc1C(=N)c1ccc(OCc2ccccc2)nc1OCc1ccccc1. The molecular formula is C43H53N5O5. The van der Waals surface area contributed by atoms with Crippen LogP contribution < -0.4 is 19.7 Å². The number of pyridine rings is 1. The van der Waals surface area contributed by atoms with E-state index < -0.39 is 5.60 Å². The van der Waals surface area contributed by atoms with E-state index in [0.717, 1.165) is 66.8 Å². The van der Waals surface area contributed by atoms with Gasteiger partial charge in [0.15, 0.2) is 0 Å². The largest absolute Gasteiger partial charge is 0.473 e. The highest BCUT2D eigenvalue weighted by Crippen LogP contribution is 2.32. The van der Waals surface area contributed by atoms with E-state index in [4.69, 9.17) is 23.9 Å². The number of ether oxygens (including phenoxy) is 4. The number of hydrogen-bond donors (Lipinski definition) is 2. The lowest BCUT2D eigenvalue weighted by molar-refractivity contribution is -0.0651. The maximum atomic E-state index is 12.7. The number of likely N-dealkylation sites (tertiary alicyclic amines) is 1. The molecule has 2 fully saturated rings. The molecule has 10 nitrogen and oxygen atoms in total. The summed E-state index contributed by atoms with van der Waals surface area (Å²) in [6.45, 7) is 10.9.